The monoisotopic (exact) mass is 304 g/mol. The van der Waals surface area contributed by atoms with E-state index in [9.17, 15) is 9.59 Å². The summed E-state index contributed by atoms with van der Waals surface area (Å²) in [6.07, 6.45) is 1.81. The normalized spacial score (nSPS) is 19.4. The maximum absolute atomic E-state index is 11.9. The van der Waals surface area contributed by atoms with Crippen LogP contribution in [0.2, 0.25) is 10.2 Å². The van der Waals surface area contributed by atoms with Gasteiger partial charge in [-0.15, -0.1) is 0 Å². The van der Waals surface area contributed by atoms with E-state index >= 15 is 0 Å². The summed E-state index contributed by atoms with van der Waals surface area (Å²) in [6.45, 7) is 1.96. The van der Waals surface area contributed by atoms with Crippen molar-refractivity contribution >= 4 is 51.7 Å². The molecular formula is C11H10Cl2N2O2S. The molecule has 1 amide bonds. The lowest BCUT2D eigenvalue weighted by Gasteiger charge is -2.17. The van der Waals surface area contributed by atoms with Crippen LogP contribution in [-0.4, -0.2) is 27.8 Å². The Labute approximate surface area is 119 Å². The molecule has 7 heteroatoms. The van der Waals surface area contributed by atoms with E-state index in [2.05, 4.69) is 4.98 Å². The number of carbonyl (C=O) groups excluding carboxylic acids is 2. The summed E-state index contributed by atoms with van der Waals surface area (Å²) in [5.41, 5.74) is 0.540. The van der Waals surface area contributed by atoms with E-state index in [1.807, 2.05) is 0 Å². The van der Waals surface area contributed by atoms with Crippen molar-refractivity contribution in [2.24, 2.45) is 0 Å². The fourth-order valence-corrected chi connectivity index (χ4v) is 3.21. The Kier molecular flexibility index (Phi) is 4.14. The van der Waals surface area contributed by atoms with Crippen molar-refractivity contribution in [1.82, 2.24) is 4.98 Å². The minimum absolute atomic E-state index is 0.00924. The number of halogens is 2. The predicted molar refractivity (Wildman–Crippen MR) is 73.3 cm³/mol. The van der Waals surface area contributed by atoms with Gasteiger partial charge in [-0.3, -0.25) is 9.59 Å². The molecule has 0 bridgehead atoms. The van der Waals surface area contributed by atoms with E-state index in [4.69, 9.17) is 23.2 Å². The van der Waals surface area contributed by atoms with E-state index in [0.717, 1.165) is 0 Å². The smallest absolute Gasteiger partial charge is 0.228 e. The highest BCUT2D eigenvalue weighted by Gasteiger charge is 2.33. The Morgan fingerprint density at radius 2 is 2.28 bits per heavy atom. The molecule has 1 unspecified atom stereocenters. The molecule has 18 heavy (non-hydrogen) atoms. The number of thioether (sulfide) groups is 1. The maximum atomic E-state index is 11.9. The van der Waals surface area contributed by atoms with Gasteiger partial charge in [-0.05, 0) is 6.07 Å². The molecule has 1 aliphatic rings. The van der Waals surface area contributed by atoms with Crippen LogP contribution < -0.4 is 4.90 Å². The maximum Gasteiger partial charge on any atom is 0.228 e. The summed E-state index contributed by atoms with van der Waals surface area (Å²) in [4.78, 5) is 28.4. The summed E-state index contributed by atoms with van der Waals surface area (Å²) in [6, 6.07) is 1.50. The first-order chi connectivity index (χ1) is 8.47. The summed E-state index contributed by atoms with van der Waals surface area (Å²) in [5.74, 6) is -0.0558. The second kappa shape index (κ2) is 5.47. The van der Waals surface area contributed by atoms with E-state index in [1.54, 1.807) is 4.90 Å². The lowest BCUT2D eigenvalue weighted by molar-refractivity contribution is -0.117. The number of hydrogen-bond donors (Lipinski definition) is 0. The van der Waals surface area contributed by atoms with Crippen LogP contribution in [-0.2, 0) is 9.59 Å². The minimum atomic E-state index is -0.0558. The fraction of sp³-hybridized carbons (Fsp3) is 0.364. The first kappa shape index (κ1) is 13.6. The van der Waals surface area contributed by atoms with E-state index < -0.39 is 0 Å². The highest BCUT2D eigenvalue weighted by molar-refractivity contribution is 8.14. The number of carbonyl (C=O) groups is 2. The van der Waals surface area contributed by atoms with Gasteiger partial charge in [0.1, 0.15) is 5.15 Å². The Morgan fingerprint density at radius 1 is 1.56 bits per heavy atom. The van der Waals surface area contributed by atoms with Gasteiger partial charge in [0.2, 0.25) is 5.91 Å². The summed E-state index contributed by atoms with van der Waals surface area (Å²) < 4.78 is 0. The number of pyridine rings is 1. The van der Waals surface area contributed by atoms with Crippen molar-refractivity contribution in [2.75, 3.05) is 11.4 Å². The van der Waals surface area contributed by atoms with Crippen molar-refractivity contribution in [3.8, 4) is 0 Å². The highest BCUT2D eigenvalue weighted by atomic mass is 35.5. The quantitative estimate of drug-likeness (QED) is 0.788. The van der Waals surface area contributed by atoms with Crippen molar-refractivity contribution in [3.05, 3.63) is 22.4 Å². The van der Waals surface area contributed by atoms with Gasteiger partial charge in [0, 0.05) is 25.1 Å². The molecule has 0 saturated carbocycles. The highest BCUT2D eigenvalue weighted by Crippen LogP contribution is 2.33. The molecule has 2 heterocycles. The zero-order valence-corrected chi connectivity index (χ0v) is 11.8. The molecule has 1 aromatic heterocycles. The number of amides is 1. The summed E-state index contributed by atoms with van der Waals surface area (Å²) in [7, 11) is 0. The Morgan fingerprint density at radius 3 is 2.89 bits per heavy atom. The molecule has 1 atom stereocenters. The molecule has 0 aromatic carbocycles. The first-order valence-corrected chi connectivity index (χ1v) is 6.89. The third kappa shape index (κ3) is 2.96. The predicted octanol–water partition coefficient (Wildman–Crippen LogP) is 2.77. The minimum Gasteiger partial charge on any atom is -0.308 e. The van der Waals surface area contributed by atoms with Crippen LogP contribution in [0.15, 0.2) is 12.3 Å². The van der Waals surface area contributed by atoms with Crippen molar-refractivity contribution in [3.63, 3.8) is 0 Å². The Hall–Kier alpha value is -0.780. The largest absolute Gasteiger partial charge is 0.308 e. The van der Waals surface area contributed by atoms with Crippen molar-refractivity contribution < 1.29 is 9.59 Å². The van der Waals surface area contributed by atoms with Crippen LogP contribution >= 0.6 is 35.0 Å². The number of rotatable bonds is 2. The van der Waals surface area contributed by atoms with Gasteiger partial charge in [-0.2, -0.15) is 0 Å². The van der Waals surface area contributed by atoms with Gasteiger partial charge in [0.25, 0.3) is 0 Å². The van der Waals surface area contributed by atoms with Gasteiger partial charge < -0.3 is 4.90 Å². The fourth-order valence-electron chi connectivity index (χ4n) is 1.82. The number of anilines is 1. The molecule has 1 aromatic rings. The number of aromatic nitrogens is 1. The van der Waals surface area contributed by atoms with E-state index in [0.29, 0.717) is 23.7 Å². The van der Waals surface area contributed by atoms with E-state index in [1.165, 1.54) is 30.9 Å². The average Bonchev–Trinajstić information content (AvgIpc) is 2.58. The molecule has 4 nitrogen and oxygen atoms in total. The topological polar surface area (TPSA) is 50.3 Å². The number of nitrogens with zero attached hydrogens (tertiary/aromatic N) is 2. The summed E-state index contributed by atoms with van der Waals surface area (Å²) >= 11 is 12.9. The Balaban J connectivity index is 2.19. The molecule has 1 aliphatic heterocycles. The van der Waals surface area contributed by atoms with Gasteiger partial charge in [-0.1, -0.05) is 35.0 Å². The van der Waals surface area contributed by atoms with Gasteiger partial charge >= 0.3 is 0 Å². The molecule has 1 fully saturated rings. The lowest BCUT2D eigenvalue weighted by atomic mass is 10.4. The van der Waals surface area contributed by atoms with Crippen molar-refractivity contribution in [1.29, 1.82) is 0 Å². The third-order valence-electron chi connectivity index (χ3n) is 2.51. The second-order valence-electron chi connectivity index (χ2n) is 3.90. The van der Waals surface area contributed by atoms with Crippen LogP contribution in [0.3, 0.4) is 0 Å². The van der Waals surface area contributed by atoms with Crippen molar-refractivity contribution in [2.45, 2.75) is 18.6 Å². The SMILES string of the molecule is CC(=O)SC1CC(=O)N(c2cnc(Cl)cc2Cl)C1. The van der Waals surface area contributed by atoms with Crippen LogP contribution in [0.1, 0.15) is 13.3 Å². The first-order valence-electron chi connectivity index (χ1n) is 5.26. The molecule has 0 spiro atoms. The summed E-state index contributed by atoms with van der Waals surface area (Å²) in [5, 5.41) is 0.651. The van der Waals surface area contributed by atoms with Crippen LogP contribution in [0.4, 0.5) is 5.69 Å². The van der Waals surface area contributed by atoms with Gasteiger partial charge in [-0.25, -0.2) is 4.98 Å². The average molecular weight is 305 g/mol. The molecule has 2 rings (SSSR count). The zero-order valence-electron chi connectivity index (χ0n) is 9.52. The molecule has 0 aliphatic carbocycles. The Bertz CT molecular complexity index is 510. The zero-order chi connectivity index (χ0) is 13.3. The van der Waals surface area contributed by atoms with Crippen LogP contribution in [0.25, 0.3) is 0 Å². The standard InChI is InChI=1S/C11H10Cl2N2O2S/c1-6(16)18-7-2-11(17)15(5-7)9-4-14-10(13)3-8(9)12/h3-4,7H,2,5H2,1H3. The molecular weight excluding hydrogens is 295 g/mol. The van der Waals surface area contributed by atoms with Crippen LogP contribution in [0.5, 0.6) is 0 Å². The van der Waals surface area contributed by atoms with Gasteiger partial charge in [0.15, 0.2) is 5.12 Å². The lowest BCUT2D eigenvalue weighted by Crippen LogP contribution is -2.25. The number of hydrogen-bond acceptors (Lipinski definition) is 4. The molecule has 0 radical (unpaired) electrons. The second-order valence-corrected chi connectivity index (χ2v) is 6.17. The molecule has 0 N–H and O–H groups in total. The molecule has 96 valence electrons. The van der Waals surface area contributed by atoms with Crippen LogP contribution in [0, 0.1) is 0 Å². The van der Waals surface area contributed by atoms with Gasteiger partial charge in [0.05, 0.1) is 16.9 Å². The molecule has 1 saturated heterocycles. The third-order valence-corrected chi connectivity index (χ3v) is 4.00. The van der Waals surface area contributed by atoms with E-state index in [-0.39, 0.29) is 21.4 Å².